The van der Waals surface area contributed by atoms with E-state index in [-0.39, 0.29) is 28.9 Å². The highest BCUT2D eigenvalue weighted by molar-refractivity contribution is 6.34. The third-order valence-electron chi connectivity index (χ3n) is 7.13. The molecule has 40 heavy (non-hydrogen) atoms. The molecule has 0 spiro atoms. The van der Waals surface area contributed by atoms with Gasteiger partial charge in [0.15, 0.2) is 5.65 Å². The van der Waals surface area contributed by atoms with E-state index in [4.69, 9.17) is 16.3 Å². The molecule has 0 unspecified atom stereocenters. The second kappa shape index (κ2) is 12.4. The van der Waals surface area contributed by atoms with E-state index >= 15 is 0 Å². The minimum absolute atomic E-state index is 0. The maximum Gasteiger partial charge on any atom is 0.333 e. The van der Waals surface area contributed by atoms with Gasteiger partial charge in [0.05, 0.1) is 52.5 Å². The van der Waals surface area contributed by atoms with Gasteiger partial charge >= 0.3 is 6.03 Å². The van der Waals surface area contributed by atoms with Crippen LogP contribution in [0.4, 0.5) is 21.9 Å². The number of benzene rings is 1. The van der Waals surface area contributed by atoms with Crippen molar-refractivity contribution < 1.29 is 19.1 Å². The van der Waals surface area contributed by atoms with Crippen LogP contribution in [0.15, 0.2) is 24.4 Å². The van der Waals surface area contributed by atoms with E-state index in [9.17, 15) is 14.4 Å². The number of carbonyl (C=O) groups excluding carboxylic acids is 3. The number of ether oxygens (including phenoxy) is 1. The number of fused-ring (bicyclic) bond motifs is 1. The summed E-state index contributed by atoms with van der Waals surface area (Å²) in [6.07, 6.45) is 2.00. The number of amides is 4. The molecule has 3 aromatic rings. The average molecular weight is 592 g/mol. The van der Waals surface area contributed by atoms with Gasteiger partial charge in [-0.25, -0.2) is 14.7 Å². The molecule has 0 aliphatic carbocycles. The third kappa shape index (κ3) is 5.71. The second-order valence-electron chi connectivity index (χ2n) is 9.69. The molecule has 0 atom stereocenters. The van der Waals surface area contributed by atoms with Crippen molar-refractivity contribution in [3.63, 3.8) is 0 Å². The minimum atomic E-state index is -0.685. The number of morpholine rings is 1. The standard InChI is InChI=1S/C26H31ClN8O4.ClH/c1-17-22-23(33-8-6-31(2)7-9-33)21(15-28-24(22)32(3)30-17)35(16-36)26(38)29-18-4-5-20(27)19(14-18)25(37)34-10-12-39-13-11-34;/h4-5,14-16H,6-13H2,1-3H3,(H,29,38);1H. The first-order valence-corrected chi connectivity index (χ1v) is 13.1. The highest BCUT2D eigenvalue weighted by Crippen LogP contribution is 2.38. The fourth-order valence-corrected chi connectivity index (χ4v) is 5.21. The first-order valence-electron chi connectivity index (χ1n) is 12.8. The van der Waals surface area contributed by atoms with Crippen LogP contribution in [-0.4, -0.2) is 102 Å². The van der Waals surface area contributed by atoms with E-state index in [0.717, 1.165) is 47.8 Å². The summed E-state index contributed by atoms with van der Waals surface area (Å²) in [5, 5.41) is 8.34. The van der Waals surface area contributed by atoms with E-state index < -0.39 is 6.03 Å². The van der Waals surface area contributed by atoms with Crippen LogP contribution < -0.4 is 15.1 Å². The molecular weight excluding hydrogens is 559 g/mol. The molecular formula is C26H32Cl2N8O4. The molecule has 2 saturated heterocycles. The van der Waals surface area contributed by atoms with Gasteiger partial charge in [0.2, 0.25) is 6.41 Å². The van der Waals surface area contributed by atoms with Crippen LogP contribution in [0.5, 0.6) is 0 Å². The number of hydrogen-bond donors (Lipinski definition) is 1. The number of hydrogen-bond acceptors (Lipinski definition) is 8. The van der Waals surface area contributed by atoms with Gasteiger partial charge in [-0.15, -0.1) is 12.4 Å². The van der Waals surface area contributed by atoms with Crippen LogP contribution in [0.2, 0.25) is 5.02 Å². The van der Waals surface area contributed by atoms with Gasteiger partial charge in [-0.2, -0.15) is 5.10 Å². The van der Waals surface area contributed by atoms with Crippen LogP contribution >= 0.6 is 24.0 Å². The number of nitrogens with one attached hydrogen (secondary N) is 1. The lowest BCUT2D eigenvalue weighted by Crippen LogP contribution is -2.45. The zero-order valence-corrected chi connectivity index (χ0v) is 24.2. The van der Waals surface area contributed by atoms with Crippen molar-refractivity contribution in [2.45, 2.75) is 6.92 Å². The SMILES string of the molecule is Cc1nn(C)c2ncc(N(C=O)C(=O)Nc3ccc(Cl)c(C(=O)N4CCOCC4)c3)c(N3CCN(C)CC3)c12.Cl. The molecule has 12 nitrogen and oxygen atoms in total. The highest BCUT2D eigenvalue weighted by Gasteiger charge is 2.29. The molecule has 1 aromatic carbocycles. The van der Waals surface area contributed by atoms with Gasteiger partial charge in [-0.05, 0) is 32.2 Å². The maximum atomic E-state index is 13.5. The number of anilines is 3. The summed E-state index contributed by atoms with van der Waals surface area (Å²) in [7, 11) is 3.88. The van der Waals surface area contributed by atoms with Gasteiger partial charge in [0.1, 0.15) is 0 Å². The molecule has 214 valence electrons. The first-order chi connectivity index (χ1) is 18.8. The summed E-state index contributed by atoms with van der Waals surface area (Å²) >= 11 is 6.34. The summed E-state index contributed by atoms with van der Waals surface area (Å²) < 4.78 is 7.02. The average Bonchev–Trinajstić information content (AvgIpc) is 3.23. The number of piperazine rings is 1. The number of nitrogens with zero attached hydrogens (tertiary/aromatic N) is 7. The lowest BCUT2D eigenvalue weighted by atomic mass is 10.1. The Balaban J connectivity index is 0.00000370. The Hall–Kier alpha value is -3.45. The molecule has 2 aliphatic heterocycles. The number of urea groups is 1. The maximum absolute atomic E-state index is 13.5. The van der Waals surface area contributed by atoms with Gasteiger partial charge in [0.25, 0.3) is 5.91 Å². The molecule has 1 N–H and O–H groups in total. The number of aryl methyl sites for hydroxylation is 2. The fraction of sp³-hybridized carbons (Fsp3) is 0.423. The summed E-state index contributed by atoms with van der Waals surface area (Å²) in [5.41, 5.74) is 3.11. The second-order valence-corrected chi connectivity index (χ2v) is 10.1. The summed E-state index contributed by atoms with van der Waals surface area (Å²) in [5.74, 6) is -0.245. The zero-order chi connectivity index (χ0) is 27.7. The summed E-state index contributed by atoms with van der Waals surface area (Å²) in [6.45, 7) is 6.83. The van der Waals surface area contributed by atoms with Crippen molar-refractivity contribution in [2.75, 3.05) is 74.6 Å². The molecule has 2 aromatic heterocycles. The van der Waals surface area contributed by atoms with Gasteiger partial charge in [-0.1, -0.05) is 11.6 Å². The molecule has 0 radical (unpaired) electrons. The Morgan fingerprint density at radius 2 is 1.80 bits per heavy atom. The highest BCUT2D eigenvalue weighted by atomic mass is 35.5. The predicted molar refractivity (Wildman–Crippen MR) is 156 cm³/mol. The zero-order valence-electron chi connectivity index (χ0n) is 22.6. The largest absolute Gasteiger partial charge is 0.378 e. The van der Waals surface area contributed by atoms with Crippen molar-refractivity contribution >= 4 is 70.5 Å². The van der Waals surface area contributed by atoms with Crippen molar-refractivity contribution in [3.8, 4) is 0 Å². The number of pyridine rings is 1. The van der Waals surface area contributed by atoms with Crippen molar-refractivity contribution in [1.29, 1.82) is 0 Å². The molecule has 14 heteroatoms. The van der Waals surface area contributed by atoms with E-state index in [1.165, 1.54) is 12.3 Å². The number of carbonyl (C=O) groups is 3. The lowest BCUT2D eigenvalue weighted by molar-refractivity contribution is -0.106. The molecule has 2 aliphatic rings. The fourth-order valence-electron chi connectivity index (χ4n) is 5.01. The minimum Gasteiger partial charge on any atom is -0.378 e. The third-order valence-corrected chi connectivity index (χ3v) is 7.46. The number of halogens is 2. The topological polar surface area (TPSA) is 116 Å². The number of rotatable bonds is 5. The smallest absolute Gasteiger partial charge is 0.333 e. The normalized spacial score (nSPS) is 16.0. The van der Waals surface area contributed by atoms with Crippen molar-refractivity contribution in [3.05, 3.63) is 40.7 Å². The molecule has 2 fully saturated rings. The molecule has 5 rings (SSSR count). The quantitative estimate of drug-likeness (QED) is 0.451. The van der Waals surface area contributed by atoms with Crippen LogP contribution in [0.25, 0.3) is 11.0 Å². The van der Waals surface area contributed by atoms with Crippen LogP contribution in [0.1, 0.15) is 16.1 Å². The Morgan fingerprint density at radius 1 is 1.10 bits per heavy atom. The Kier molecular flexibility index (Phi) is 9.14. The molecule has 0 saturated carbocycles. The Morgan fingerprint density at radius 3 is 2.48 bits per heavy atom. The molecule has 4 heterocycles. The Bertz CT molecular complexity index is 1420. The first kappa shape index (κ1) is 29.5. The van der Waals surface area contributed by atoms with E-state index in [2.05, 4.69) is 32.2 Å². The number of imide groups is 1. The van der Waals surface area contributed by atoms with Crippen molar-refractivity contribution in [1.82, 2.24) is 24.6 Å². The van der Waals surface area contributed by atoms with E-state index in [1.54, 1.807) is 21.7 Å². The van der Waals surface area contributed by atoms with Crippen LogP contribution in [-0.2, 0) is 16.6 Å². The Labute approximate surface area is 243 Å². The molecule has 4 amide bonds. The number of likely N-dealkylation sites (N-methyl/N-ethyl adjacent to an activating group) is 1. The van der Waals surface area contributed by atoms with Crippen molar-refractivity contribution in [2.24, 2.45) is 7.05 Å². The van der Waals surface area contributed by atoms with Gasteiger partial charge in [-0.3, -0.25) is 14.3 Å². The van der Waals surface area contributed by atoms with Crippen LogP contribution in [0, 0.1) is 6.92 Å². The lowest BCUT2D eigenvalue weighted by Gasteiger charge is -2.36. The molecule has 0 bridgehead atoms. The summed E-state index contributed by atoms with van der Waals surface area (Å²) in [4.78, 5) is 50.5. The van der Waals surface area contributed by atoms with Gasteiger partial charge in [0, 0.05) is 52.0 Å². The van der Waals surface area contributed by atoms with Crippen LogP contribution in [0.3, 0.4) is 0 Å². The van der Waals surface area contributed by atoms with E-state index in [1.807, 2.05) is 14.0 Å². The predicted octanol–water partition coefficient (Wildman–Crippen LogP) is 2.77. The van der Waals surface area contributed by atoms with Gasteiger partial charge < -0.3 is 24.8 Å². The summed E-state index contributed by atoms with van der Waals surface area (Å²) in [6, 6.07) is 3.98. The number of aromatic nitrogens is 3. The monoisotopic (exact) mass is 590 g/mol. The van der Waals surface area contributed by atoms with E-state index in [0.29, 0.717) is 49.7 Å².